The van der Waals surface area contributed by atoms with Gasteiger partial charge in [-0.3, -0.25) is 0 Å². The van der Waals surface area contributed by atoms with Crippen LogP contribution >= 0.6 is 22.9 Å². The van der Waals surface area contributed by atoms with E-state index < -0.39 is 10.0 Å². The molecule has 1 N–H and O–H groups in total. The predicted octanol–water partition coefficient (Wildman–Crippen LogP) is 2.94. The maximum absolute atomic E-state index is 12.6. The first-order chi connectivity index (χ1) is 9.95. The summed E-state index contributed by atoms with van der Waals surface area (Å²) in [6.07, 6.45) is 0. The second-order valence-electron chi connectivity index (χ2n) is 4.68. The fourth-order valence-corrected chi connectivity index (χ4v) is 4.00. The lowest BCUT2D eigenvalue weighted by Gasteiger charge is -2.17. The lowest BCUT2D eigenvalue weighted by atomic mass is 10.2. The van der Waals surface area contributed by atoms with Gasteiger partial charge in [0, 0.05) is 25.2 Å². The normalized spacial score (nSPS) is 12.0. The van der Waals surface area contributed by atoms with Gasteiger partial charge in [0.2, 0.25) is 10.0 Å². The second-order valence-corrected chi connectivity index (χ2v) is 7.91. The van der Waals surface area contributed by atoms with Gasteiger partial charge in [-0.25, -0.2) is 8.42 Å². The summed E-state index contributed by atoms with van der Waals surface area (Å²) in [5.41, 5.74) is 1.75. The average Bonchev–Trinajstić information content (AvgIpc) is 2.94. The van der Waals surface area contributed by atoms with E-state index in [-0.39, 0.29) is 4.90 Å². The molecule has 7 heteroatoms. The van der Waals surface area contributed by atoms with Crippen LogP contribution in [0.25, 0.3) is 0 Å². The summed E-state index contributed by atoms with van der Waals surface area (Å²) >= 11 is 7.62. The first-order valence-corrected chi connectivity index (χ1v) is 9.11. The quantitative estimate of drug-likeness (QED) is 0.876. The summed E-state index contributed by atoms with van der Waals surface area (Å²) in [6, 6.07) is 6.71. The molecule has 1 aromatic carbocycles. The molecule has 0 saturated carbocycles. The van der Waals surface area contributed by atoms with Gasteiger partial charge in [0.1, 0.15) is 0 Å². The van der Waals surface area contributed by atoms with Gasteiger partial charge in [-0.05, 0) is 53.2 Å². The number of thiophene rings is 1. The zero-order chi connectivity index (χ0) is 15.5. The van der Waals surface area contributed by atoms with Crippen molar-refractivity contribution in [3.8, 4) is 0 Å². The second kappa shape index (κ2) is 6.89. The molecule has 0 atom stereocenters. The van der Waals surface area contributed by atoms with Gasteiger partial charge < -0.3 is 5.32 Å². The molecule has 2 aromatic rings. The Morgan fingerprint density at radius 3 is 2.71 bits per heavy atom. The van der Waals surface area contributed by atoms with Crippen molar-refractivity contribution in [3.05, 3.63) is 51.2 Å². The van der Waals surface area contributed by atoms with Crippen LogP contribution in [0, 0.1) is 0 Å². The van der Waals surface area contributed by atoms with E-state index in [9.17, 15) is 8.42 Å². The molecule has 0 spiro atoms. The number of nitrogens with one attached hydrogen (secondary N) is 1. The van der Waals surface area contributed by atoms with Crippen LogP contribution in [0.1, 0.15) is 11.1 Å². The Morgan fingerprint density at radius 1 is 1.33 bits per heavy atom. The SMILES string of the molecule is CNCc1cc(S(=O)(=O)N(C)Cc2ccsc2)ccc1Cl. The standard InChI is InChI=1S/C14H17ClN2O2S2/c1-16-8-12-7-13(3-4-14(12)15)21(18,19)17(2)9-11-5-6-20-10-11/h3-7,10,16H,8-9H2,1-2H3. The number of rotatable bonds is 6. The fourth-order valence-electron chi connectivity index (χ4n) is 1.94. The lowest BCUT2D eigenvalue weighted by molar-refractivity contribution is 0.467. The van der Waals surface area contributed by atoms with Crippen molar-refractivity contribution >= 4 is 33.0 Å². The Kier molecular flexibility index (Phi) is 5.40. The number of hydrogen-bond acceptors (Lipinski definition) is 4. The van der Waals surface area contributed by atoms with Crippen molar-refractivity contribution in [2.45, 2.75) is 18.0 Å². The monoisotopic (exact) mass is 344 g/mol. The molecule has 0 amide bonds. The van der Waals surface area contributed by atoms with Crippen molar-refractivity contribution in [2.75, 3.05) is 14.1 Å². The van der Waals surface area contributed by atoms with Gasteiger partial charge in [0.25, 0.3) is 0 Å². The summed E-state index contributed by atoms with van der Waals surface area (Å²) in [5, 5.41) is 7.42. The van der Waals surface area contributed by atoms with Crippen LogP contribution in [0.4, 0.5) is 0 Å². The summed E-state index contributed by atoms with van der Waals surface area (Å²) in [4.78, 5) is 0.259. The van der Waals surface area contributed by atoms with Gasteiger partial charge >= 0.3 is 0 Å². The number of halogens is 1. The highest BCUT2D eigenvalue weighted by atomic mass is 35.5. The zero-order valence-electron chi connectivity index (χ0n) is 11.8. The summed E-state index contributed by atoms with van der Waals surface area (Å²) in [6.45, 7) is 0.881. The molecule has 0 bridgehead atoms. The Balaban J connectivity index is 2.28. The zero-order valence-corrected chi connectivity index (χ0v) is 14.2. The van der Waals surface area contributed by atoms with Crippen molar-refractivity contribution in [2.24, 2.45) is 0 Å². The molecule has 0 saturated heterocycles. The molecule has 1 aromatic heterocycles. The Morgan fingerprint density at radius 2 is 2.10 bits per heavy atom. The maximum Gasteiger partial charge on any atom is 0.243 e. The molecular formula is C14H17ClN2O2S2. The van der Waals surface area contributed by atoms with Crippen molar-refractivity contribution in [1.82, 2.24) is 9.62 Å². The molecule has 1 heterocycles. The minimum Gasteiger partial charge on any atom is -0.316 e. The maximum atomic E-state index is 12.6. The van der Waals surface area contributed by atoms with Gasteiger partial charge in [-0.1, -0.05) is 11.6 Å². The molecule has 0 radical (unpaired) electrons. The highest BCUT2D eigenvalue weighted by molar-refractivity contribution is 7.89. The Labute approximate surface area is 134 Å². The highest BCUT2D eigenvalue weighted by Crippen LogP contribution is 2.23. The molecule has 21 heavy (non-hydrogen) atoms. The van der Waals surface area contributed by atoms with Crippen LogP contribution in [0.3, 0.4) is 0 Å². The molecule has 0 aliphatic carbocycles. The van der Waals surface area contributed by atoms with Crippen molar-refractivity contribution in [3.63, 3.8) is 0 Å². The molecule has 0 unspecified atom stereocenters. The van der Waals surface area contributed by atoms with Crippen LogP contribution in [0.5, 0.6) is 0 Å². The lowest BCUT2D eigenvalue weighted by Crippen LogP contribution is -2.26. The Bertz CT molecular complexity index is 700. The van der Waals surface area contributed by atoms with Gasteiger partial charge in [-0.15, -0.1) is 0 Å². The predicted molar refractivity (Wildman–Crippen MR) is 87.2 cm³/mol. The largest absolute Gasteiger partial charge is 0.316 e. The molecule has 114 valence electrons. The third-order valence-corrected chi connectivity index (χ3v) is 5.98. The first-order valence-electron chi connectivity index (χ1n) is 6.35. The number of nitrogens with zero attached hydrogens (tertiary/aromatic N) is 1. The number of hydrogen-bond donors (Lipinski definition) is 1. The molecule has 0 aliphatic rings. The molecule has 0 aliphatic heterocycles. The highest BCUT2D eigenvalue weighted by Gasteiger charge is 2.22. The van der Waals surface area contributed by atoms with Crippen LogP contribution in [-0.4, -0.2) is 26.8 Å². The summed E-state index contributed by atoms with van der Waals surface area (Å²) < 4.78 is 26.5. The van der Waals surface area contributed by atoms with E-state index in [2.05, 4.69) is 5.32 Å². The first kappa shape index (κ1) is 16.5. The fraction of sp³-hybridized carbons (Fsp3) is 0.286. The minimum atomic E-state index is -3.52. The van der Waals surface area contributed by atoms with Crippen molar-refractivity contribution in [1.29, 1.82) is 0 Å². The van der Waals surface area contributed by atoms with Gasteiger partial charge in [0.15, 0.2) is 0 Å². The van der Waals surface area contributed by atoms with Crippen LogP contribution in [-0.2, 0) is 23.1 Å². The van der Waals surface area contributed by atoms with Crippen molar-refractivity contribution < 1.29 is 8.42 Å². The third-order valence-electron chi connectivity index (χ3n) is 3.08. The third kappa shape index (κ3) is 3.84. The molecule has 4 nitrogen and oxygen atoms in total. The topological polar surface area (TPSA) is 49.4 Å². The number of benzene rings is 1. The van der Waals surface area contributed by atoms with Gasteiger partial charge in [0.05, 0.1) is 4.90 Å². The van der Waals surface area contributed by atoms with Gasteiger partial charge in [-0.2, -0.15) is 15.6 Å². The molecular weight excluding hydrogens is 328 g/mol. The van der Waals surface area contributed by atoms with E-state index >= 15 is 0 Å². The Hall–Kier alpha value is -0.920. The van der Waals surface area contributed by atoms with E-state index in [1.54, 1.807) is 43.6 Å². The van der Waals surface area contributed by atoms with Crippen LogP contribution in [0.15, 0.2) is 39.9 Å². The molecule has 2 rings (SSSR count). The smallest absolute Gasteiger partial charge is 0.243 e. The van der Waals surface area contributed by atoms with Crippen LogP contribution in [0.2, 0.25) is 5.02 Å². The van der Waals surface area contributed by atoms with E-state index in [0.717, 1.165) is 11.1 Å². The average molecular weight is 345 g/mol. The van der Waals surface area contributed by atoms with E-state index in [4.69, 9.17) is 11.6 Å². The number of sulfonamides is 1. The molecule has 0 fully saturated rings. The van der Waals surface area contributed by atoms with E-state index in [0.29, 0.717) is 18.1 Å². The van der Waals surface area contributed by atoms with E-state index in [1.165, 1.54) is 4.31 Å². The van der Waals surface area contributed by atoms with Crippen LogP contribution < -0.4 is 5.32 Å². The summed E-state index contributed by atoms with van der Waals surface area (Å²) in [5.74, 6) is 0. The minimum absolute atomic E-state index is 0.259. The summed E-state index contributed by atoms with van der Waals surface area (Å²) in [7, 11) is -0.147. The van der Waals surface area contributed by atoms with E-state index in [1.807, 2.05) is 16.8 Å².